The Bertz CT molecular complexity index is 373. The Balaban J connectivity index is 1.90. The molecule has 0 radical (unpaired) electrons. The first-order valence-corrected chi connectivity index (χ1v) is 6.41. The quantitative estimate of drug-likeness (QED) is 0.770. The smallest absolute Gasteiger partial charge is 0.307 e. The van der Waals surface area contributed by atoms with Gasteiger partial charge in [-0.2, -0.15) is 0 Å². The normalized spacial score (nSPS) is 36.7. The van der Waals surface area contributed by atoms with E-state index in [1.165, 1.54) is 0 Å². The number of aliphatic hydroxyl groups excluding tert-OH is 1. The highest BCUT2D eigenvalue weighted by Crippen LogP contribution is 2.59. The van der Waals surface area contributed by atoms with Gasteiger partial charge in [0, 0.05) is 13.6 Å². The monoisotopic (exact) mass is 255 g/mol. The Morgan fingerprint density at radius 1 is 1.28 bits per heavy atom. The van der Waals surface area contributed by atoms with Crippen LogP contribution in [-0.4, -0.2) is 46.7 Å². The number of hydrogen-bond acceptors (Lipinski definition) is 3. The van der Waals surface area contributed by atoms with E-state index in [0.29, 0.717) is 12.5 Å². The van der Waals surface area contributed by atoms with Crippen molar-refractivity contribution in [1.82, 2.24) is 4.90 Å². The van der Waals surface area contributed by atoms with Gasteiger partial charge in [-0.15, -0.1) is 0 Å². The molecule has 5 nitrogen and oxygen atoms in total. The molecule has 0 bridgehead atoms. The number of carbonyl (C=O) groups is 2. The number of carboxylic acid groups (broad SMARTS) is 1. The fourth-order valence-electron chi connectivity index (χ4n) is 3.12. The van der Waals surface area contributed by atoms with E-state index in [9.17, 15) is 14.7 Å². The SMILES string of the molecule is CN(CC1CC(O)C1)C(=O)[C@H]1[C@@H](C(=O)O)C1(C)C. The Morgan fingerprint density at radius 2 is 1.83 bits per heavy atom. The summed E-state index contributed by atoms with van der Waals surface area (Å²) in [6.45, 7) is 4.28. The van der Waals surface area contributed by atoms with Crippen molar-refractivity contribution in [2.45, 2.75) is 32.8 Å². The fraction of sp³-hybridized carbons (Fsp3) is 0.846. The first kappa shape index (κ1) is 13.3. The van der Waals surface area contributed by atoms with Crippen molar-refractivity contribution in [3.05, 3.63) is 0 Å². The molecule has 2 aliphatic carbocycles. The van der Waals surface area contributed by atoms with Gasteiger partial charge >= 0.3 is 5.97 Å². The van der Waals surface area contributed by atoms with Crippen molar-refractivity contribution in [3.63, 3.8) is 0 Å². The van der Waals surface area contributed by atoms with Crippen LogP contribution in [0.4, 0.5) is 0 Å². The molecular formula is C13H21NO4. The summed E-state index contributed by atoms with van der Waals surface area (Å²) in [5, 5.41) is 18.3. The van der Waals surface area contributed by atoms with Crippen LogP contribution in [-0.2, 0) is 9.59 Å². The van der Waals surface area contributed by atoms with E-state index in [1.807, 2.05) is 13.8 Å². The standard InChI is InChI=1S/C13H21NO4/c1-13(2)9(10(13)12(17)18)11(16)14(3)6-7-4-8(15)5-7/h7-10,15H,4-6H2,1-3H3,(H,17,18)/t7?,8?,9-,10+/m1/s1. The molecular weight excluding hydrogens is 234 g/mol. The third kappa shape index (κ3) is 2.11. The zero-order valence-corrected chi connectivity index (χ0v) is 11.1. The number of aliphatic hydroxyl groups is 1. The average Bonchev–Trinajstić information content (AvgIpc) is 2.78. The van der Waals surface area contributed by atoms with Gasteiger partial charge in [-0.1, -0.05) is 13.8 Å². The van der Waals surface area contributed by atoms with Crippen LogP contribution in [0.3, 0.4) is 0 Å². The molecule has 2 rings (SSSR count). The second-order valence-corrected chi connectivity index (χ2v) is 6.32. The first-order chi connectivity index (χ1) is 8.25. The molecule has 0 aromatic carbocycles. The predicted octanol–water partition coefficient (Wildman–Crippen LogP) is 0.572. The van der Waals surface area contributed by atoms with E-state index in [2.05, 4.69) is 0 Å². The lowest BCUT2D eigenvalue weighted by Gasteiger charge is -2.34. The molecule has 0 saturated heterocycles. The lowest BCUT2D eigenvalue weighted by atomic mass is 9.82. The summed E-state index contributed by atoms with van der Waals surface area (Å²) in [6.07, 6.45) is 1.27. The maximum absolute atomic E-state index is 12.2. The molecule has 2 saturated carbocycles. The summed E-state index contributed by atoms with van der Waals surface area (Å²) in [6, 6.07) is 0. The Kier molecular flexibility index (Phi) is 3.13. The molecule has 0 aliphatic heterocycles. The number of carbonyl (C=O) groups excluding carboxylic acids is 1. The van der Waals surface area contributed by atoms with Crippen molar-refractivity contribution < 1.29 is 19.8 Å². The number of carboxylic acids is 1. The highest BCUT2D eigenvalue weighted by Gasteiger charge is 2.66. The third-order valence-electron chi connectivity index (χ3n) is 4.48. The minimum Gasteiger partial charge on any atom is -0.481 e. The molecule has 0 aromatic rings. The minimum absolute atomic E-state index is 0.0752. The second kappa shape index (κ2) is 4.23. The largest absolute Gasteiger partial charge is 0.481 e. The van der Waals surface area contributed by atoms with Gasteiger partial charge in [0.25, 0.3) is 0 Å². The molecule has 0 spiro atoms. The Morgan fingerprint density at radius 3 is 2.22 bits per heavy atom. The molecule has 2 atom stereocenters. The highest BCUT2D eigenvalue weighted by molar-refractivity contribution is 5.91. The molecule has 1 amide bonds. The molecule has 18 heavy (non-hydrogen) atoms. The maximum Gasteiger partial charge on any atom is 0.307 e. The number of hydrogen-bond donors (Lipinski definition) is 2. The van der Waals surface area contributed by atoms with Crippen LogP contribution in [0.1, 0.15) is 26.7 Å². The summed E-state index contributed by atoms with van der Waals surface area (Å²) in [4.78, 5) is 24.9. The third-order valence-corrected chi connectivity index (χ3v) is 4.48. The van der Waals surface area contributed by atoms with Gasteiger partial charge in [0.2, 0.25) is 5.91 Å². The average molecular weight is 255 g/mol. The molecule has 0 aromatic heterocycles. The van der Waals surface area contributed by atoms with E-state index >= 15 is 0 Å². The minimum atomic E-state index is -0.884. The highest BCUT2D eigenvalue weighted by atomic mass is 16.4. The zero-order chi connectivity index (χ0) is 13.7. The lowest BCUT2D eigenvalue weighted by Crippen LogP contribution is -2.40. The van der Waals surface area contributed by atoms with E-state index in [-0.39, 0.29) is 12.0 Å². The van der Waals surface area contributed by atoms with Gasteiger partial charge in [0.05, 0.1) is 17.9 Å². The van der Waals surface area contributed by atoms with Crippen molar-refractivity contribution in [3.8, 4) is 0 Å². The van der Waals surface area contributed by atoms with E-state index in [4.69, 9.17) is 5.11 Å². The second-order valence-electron chi connectivity index (χ2n) is 6.32. The summed E-state index contributed by atoms with van der Waals surface area (Å²) in [5.41, 5.74) is -0.434. The summed E-state index contributed by atoms with van der Waals surface area (Å²) < 4.78 is 0. The summed E-state index contributed by atoms with van der Waals surface area (Å²) >= 11 is 0. The van der Waals surface area contributed by atoms with Crippen LogP contribution in [0.25, 0.3) is 0 Å². The van der Waals surface area contributed by atoms with Crippen LogP contribution in [0, 0.1) is 23.2 Å². The van der Waals surface area contributed by atoms with Crippen molar-refractivity contribution in [2.24, 2.45) is 23.2 Å². The van der Waals surface area contributed by atoms with Gasteiger partial charge in [0.15, 0.2) is 0 Å². The van der Waals surface area contributed by atoms with Crippen LogP contribution >= 0.6 is 0 Å². The van der Waals surface area contributed by atoms with Gasteiger partial charge < -0.3 is 15.1 Å². The van der Waals surface area contributed by atoms with Crippen molar-refractivity contribution >= 4 is 11.9 Å². The number of aliphatic carboxylic acids is 1. The molecule has 0 heterocycles. The zero-order valence-electron chi connectivity index (χ0n) is 11.1. The molecule has 0 unspecified atom stereocenters. The predicted molar refractivity (Wildman–Crippen MR) is 64.8 cm³/mol. The molecule has 5 heteroatoms. The Hall–Kier alpha value is -1.10. The van der Waals surface area contributed by atoms with Crippen molar-refractivity contribution in [2.75, 3.05) is 13.6 Å². The van der Waals surface area contributed by atoms with Gasteiger partial charge in [0.1, 0.15) is 0 Å². The molecule has 2 N–H and O–H groups in total. The van der Waals surface area contributed by atoms with Gasteiger partial charge in [-0.05, 0) is 24.2 Å². The van der Waals surface area contributed by atoms with Crippen LogP contribution in [0.5, 0.6) is 0 Å². The molecule has 102 valence electrons. The van der Waals surface area contributed by atoms with Gasteiger partial charge in [-0.3, -0.25) is 9.59 Å². The van der Waals surface area contributed by atoms with Crippen molar-refractivity contribution in [1.29, 1.82) is 0 Å². The molecule has 2 fully saturated rings. The van der Waals surface area contributed by atoms with Gasteiger partial charge in [-0.25, -0.2) is 0 Å². The number of amides is 1. The first-order valence-electron chi connectivity index (χ1n) is 6.41. The number of nitrogens with zero attached hydrogens (tertiary/aromatic N) is 1. The van der Waals surface area contributed by atoms with E-state index in [1.54, 1.807) is 11.9 Å². The maximum atomic E-state index is 12.2. The topological polar surface area (TPSA) is 77.8 Å². The number of rotatable bonds is 4. The Labute approximate surface area is 107 Å². The molecule has 2 aliphatic rings. The summed E-state index contributed by atoms with van der Waals surface area (Å²) in [7, 11) is 1.72. The van der Waals surface area contributed by atoms with Crippen LogP contribution in [0.2, 0.25) is 0 Å². The summed E-state index contributed by atoms with van der Waals surface area (Å²) in [5.74, 6) is -1.55. The lowest BCUT2D eigenvalue weighted by molar-refractivity contribution is -0.142. The van der Waals surface area contributed by atoms with E-state index < -0.39 is 23.2 Å². The van der Waals surface area contributed by atoms with E-state index in [0.717, 1.165) is 12.8 Å². The van der Waals surface area contributed by atoms with Crippen LogP contribution < -0.4 is 0 Å². The fourth-order valence-corrected chi connectivity index (χ4v) is 3.12. The van der Waals surface area contributed by atoms with Crippen LogP contribution in [0.15, 0.2) is 0 Å².